The van der Waals surface area contributed by atoms with Crippen LogP contribution in [0.15, 0.2) is 85.1 Å². The van der Waals surface area contributed by atoms with E-state index in [1.807, 2.05) is 21.1 Å². The Bertz CT molecular complexity index is 1270. The number of unbranched alkanes of at least 4 members (excludes halogenated alkanes) is 14. The van der Waals surface area contributed by atoms with Crippen molar-refractivity contribution in [1.29, 1.82) is 0 Å². The number of hydrogen-bond acceptors (Lipinski definition) is 6. The van der Waals surface area contributed by atoms with E-state index in [9.17, 15) is 19.5 Å². The second kappa shape index (κ2) is 43.2. The van der Waals surface area contributed by atoms with Gasteiger partial charge in [-0.05, 0) is 89.9 Å². The molecule has 0 fully saturated rings. The first-order valence-corrected chi connectivity index (χ1v) is 24.1. The molecule has 2 atom stereocenters. The summed E-state index contributed by atoms with van der Waals surface area (Å²) in [6.07, 6.45) is 56.3. The van der Waals surface area contributed by atoms with Crippen molar-refractivity contribution in [3.05, 3.63) is 85.1 Å². The van der Waals surface area contributed by atoms with E-state index in [1.165, 1.54) is 64.2 Å². The lowest BCUT2D eigenvalue weighted by atomic mass is 10.1. The number of carboxylic acid groups (broad SMARTS) is 1. The smallest absolute Gasteiger partial charge is 0.362 e. The molecule has 0 saturated carbocycles. The lowest BCUT2D eigenvalue weighted by molar-refractivity contribution is -0.887. The van der Waals surface area contributed by atoms with E-state index >= 15 is 0 Å². The van der Waals surface area contributed by atoms with E-state index < -0.39 is 18.1 Å². The summed E-state index contributed by atoms with van der Waals surface area (Å²) in [5.74, 6) is -1.52. The van der Waals surface area contributed by atoms with Crippen LogP contribution in [0.3, 0.4) is 0 Å². The number of carboxylic acids is 1. The Morgan fingerprint density at radius 3 is 1.39 bits per heavy atom. The van der Waals surface area contributed by atoms with E-state index in [4.69, 9.17) is 14.2 Å². The lowest BCUT2D eigenvalue weighted by Crippen LogP contribution is -2.50. The Kier molecular flexibility index (Phi) is 40.7. The summed E-state index contributed by atoms with van der Waals surface area (Å²) in [7, 11) is 5.51. The van der Waals surface area contributed by atoms with Crippen molar-refractivity contribution in [2.45, 2.75) is 193 Å². The van der Waals surface area contributed by atoms with Gasteiger partial charge in [0.25, 0.3) is 0 Å². The van der Waals surface area contributed by atoms with Gasteiger partial charge in [0.15, 0.2) is 12.1 Å². The van der Waals surface area contributed by atoms with Crippen LogP contribution in [0.25, 0.3) is 0 Å². The number of esters is 2. The molecule has 0 aromatic rings. The fraction of sp³-hybridized carbons (Fsp3) is 0.679. The molecule has 0 saturated heterocycles. The van der Waals surface area contributed by atoms with Gasteiger partial charge >= 0.3 is 17.9 Å². The number of carbonyl (C=O) groups is 3. The van der Waals surface area contributed by atoms with Crippen molar-refractivity contribution in [1.82, 2.24) is 0 Å². The Morgan fingerprint density at radius 2 is 0.918 bits per heavy atom. The minimum atomic E-state index is -0.884. The van der Waals surface area contributed by atoms with Crippen molar-refractivity contribution in [3.8, 4) is 0 Å². The van der Waals surface area contributed by atoms with Crippen LogP contribution in [-0.2, 0) is 28.6 Å². The number of nitrogens with zero attached hydrogens (tertiary/aromatic N) is 1. The van der Waals surface area contributed by atoms with Gasteiger partial charge in [0.2, 0.25) is 0 Å². The second-order valence-electron chi connectivity index (χ2n) is 17.0. The third kappa shape index (κ3) is 41.6. The molecule has 61 heavy (non-hydrogen) atoms. The van der Waals surface area contributed by atoms with E-state index in [2.05, 4.69) is 98.9 Å². The fourth-order valence-corrected chi connectivity index (χ4v) is 6.56. The first-order chi connectivity index (χ1) is 29.6. The van der Waals surface area contributed by atoms with Crippen LogP contribution in [0.4, 0.5) is 0 Å². The normalized spacial score (nSPS) is 13.7. The highest BCUT2D eigenvalue weighted by Gasteiger charge is 2.31. The SMILES string of the molecule is CC/C=C/C/C=C/C/C=C/C/C=C/C/C=C/C/C=C/CCCCCC(=O)OC(COCCC(C(=O)O)[N+](C)(C)C)COC(=O)CCCCCCCCC/C=C/CCCCCC. The van der Waals surface area contributed by atoms with Gasteiger partial charge in [-0.3, -0.25) is 9.59 Å². The number of allylic oxidation sites excluding steroid dienone is 14. The zero-order chi connectivity index (χ0) is 44.9. The van der Waals surface area contributed by atoms with Gasteiger partial charge < -0.3 is 23.8 Å². The third-order valence-electron chi connectivity index (χ3n) is 10.3. The summed E-state index contributed by atoms with van der Waals surface area (Å²) in [4.78, 5) is 37.1. The van der Waals surface area contributed by atoms with Crippen LogP contribution >= 0.6 is 0 Å². The number of aliphatic carboxylic acids is 1. The first kappa shape index (κ1) is 57.5. The van der Waals surface area contributed by atoms with Crippen molar-refractivity contribution in [2.24, 2.45) is 0 Å². The van der Waals surface area contributed by atoms with Gasteiger partial charge in [0.05, 0.1) is 34.4 Å². The van der Waals surface area contributed by atoms with E-state index in [-0.39, 0.29) is 42.7 Å². The first-order valence-electron chi connectivity index (χ1n) is 24.1. The summed E-state index contributed by atoms with van der Waals surface area (Å²) in [6, 6.07) is -0.626. The minimum absolute atomic E-state index is 0.0416. The average Bonchev–Trinajstić information content (AvgIpc) is 3.22. The zero-order valence-corrected chi connectivity index (χ0v) is 39.6. The molecule has 0 heterocycles. The molecule has 1 N–H and O–H groups in total. The van der Waals surface area contributed by atoms with E-state index in [1.54, 1.807) is 0 Å². The molecule has 0 aliphatic heterocycles. The van der Waals surface area contributed by atoms with E-state index in [0.717, 1.165) is 83.5 Å². The number of carbonyl (C=O) groups excluding carboxylic acids is 2. The highest BCUT2D eigenvalue weighted by Crippen LogP contribution is 2.13. The molecule has 0 aliphatic carbocycles. The Labute approximate surface area is 373 Å². The molecule has 0 amide bonds. The number of hydrogen-bond donors (Lipinski definition) is 1. The van der Waals surface area contributed by atoms with E-state index in [0.29, 0.717) is 12.8 Å². The van der Waals surface area contributed by atoms with Crippen LogP contribution < -0.4 is 0 Å². The quantitative estimate of drug-likeness (QED) is 0.0283. The molecule has 2 unspecified atom stereocenters. The highest BCUT2D eigenvalue weighted by molar-refractivity contribution is 5.72. The standard InChI is InChI=1S/C53H89NO7/c1-6-8-10-12-14-16-18-20-22-23-24-25-26-27-28-30-32-34-36-38-40-42-44-52(56)61-49(47-59-46-45-50(53(57)58)54(3,4)5)48-60-51(55)43-41-39-37-35-33-31-29-21-19-17-15-13-11-9-7-2/h8,10,14,16-17,19-20,22,24-25,27-28,32,34,49-50H,6-7,9,11-13,15,18,21,23,26,29-31,33,35-48H2,1-5H3/p+1/b10-8+,16-14+,19-17+,22-20+,25-24+,28-27+,34-32+. The maximum Gasteiger partial charge on any atom is 0.362 e. The summed E-state index contributed by atoms with van der Waals surface area (Å²) in [5, 5.41) is 9.64. The van der Waals surface area contributed by atoms with Gasteiger partial charge in [-0.1, -0.05) is 157 Å². The predicted octanol–water partition coefficient (Wildman–Crippen LogP) is 13.7. The molecular weight excluding hydrogens is 763 g/mol. The molecule has 348 valence electrons. The molecule has 0 bridgehead atoms. The summed E-state index contributed by atoms with van der Waals surface area (Å²) in [5.41, 5.74) is 0. The molecule has 0 aromatic heterocycles. The number of rotatable bonds is 42. The molecule has 8 heteroatoms. The largest absolute Gasteiger partial charge is 0.477 e. The van der Waals surface area contributed by atoms with Gasteiger partial charge in [0.1, 0.15) is 6.61 Å². The fourth-order valence-electron chi connectivity index (χ4n) is 6.56. The molecular formula is C53H90NO7+. The van der Waals surface area contributed by atoms with Crippen molar-refractivity contribution in [3.63, 3.8) is 0 Å². The zero-order valence-electron chi connectivity index (χ0n) is 39.6. The molecule has 0 aliphatic rings. The summed E-state index contributed by atoms with van der Waals surface area (Å²) >= 11 is 0. The van der Waals surface area contributed by atoms with Crippen LogP contribution in [0.2, 0.25) is 0 Å². The Balaban J connectivity index is 4.39. The average molecular weight is 853 g/mol. The number of likely N-dealkylation sites (N-methyl/N-ethyl adjacent to an activating group) is 1. The van der Waals surface area contributed by atoms with Gasteiger partial charge in [-0.25, -0.2) is 4.79 Å². The molecule has 0 aromatic carbocycles. The Morgan fingerprint density at radius 1 is 0.508 bits per heavy atom. The number of ether oxygens (including phenoxy) is 3. The molecule has 0 spiro atoms. The lowest BCUT2D eigenvalue weighted by Gasteiger charge is -2.31. The van der Waals surface area contributed by atoms with Gasteiger partial charge in [-0.15, -0.1) is 0 Å². The topological polar surface area (TPSA) is 99.1 Å². The third-order valence-corrected chi connectivity index (χ3v) is 10.3. The highest BCUT2D eigenvalue weighted by atomic mass is 16.6. The maximum absolute atomic E-state index is 12.8. The van der Waals surface area contributed by atoms with Crippen LogP contribution in [0.1, 0.15) is 181 Å². The Hall–Kier alpha value is -3.49. The summed E-state index contributed by atoms with van der Waals surface area (Å²) in [6.45, 7) is 4.56. The van der Waals surface area contributed by atoms with Crippen LogP contribution in [0.5, 0.6) is 0 Å². The van der Waals surface area contributed by atoms with Crippen molar-refractivity contribution in [2.75, 3.05) is 41.0 Å². The molecule has 0 radical (unpaired) electrons. The second-order valence-corrected chi connectivity index (χ2v) is 17.0. The number of quaternary nitrogens is 1. The van der Waals surface area contributed by atoms with Crippen molar-refractivity contribution < 1.29 is 38.2 Å². The summed E-state index contributed by atoms with van der Waals surface area (Å²) < 4.78 is 17.3. The maximum atomic E-state index is 12.8. The van der Waals surface area contributed by atoms with Crippen LogP contribution in [-0.4, -0.2) is 80.6 Å². The molecule has 0 rings (SSSR count). The monoisotopic (exact) mass is 853 g/mol. The molecule has 8 nitrogen and oxygen atoms in total. The predicted molar refractivity (Wildman–Crippen MR) is 256 cm³/mol. The van der Waals surface area contributed by atoms with Crippen LogP contribution in [0, 0.1) is 0 Å². The van der Waals surface area contributed by atoms with Gasteiger partial charge in [-0.2, -0.15) is 0 Å². The van der Waals surface area contributed by atoms with Crippen molar-refractivity contribution >= 4 is 17.9 Å². The minimum Gasteiger partial charge on any atom is -0.477 e. The van der Waals surface area contributed by atoms with Gasteiger partial charge in [0, 0.05) is 19.3 Å².